The lowest BCUT2D eigenvalue weighted by molar-refractivity contribution is -0.165. The highest BCUT2D eigenvalue weighted by Crippen LogP contribution is 2.41. The minimum Gasteiger partial charge on any atom is -0.508 e. The molecule has 0 saturated carbocycles. The molecule has 2 N–H and O–H groups in total. The third-order valence-electron chi connectivity index (χ3n) is 4.23. The van der Waals surface area contributed by atoms with Crippen LogP contribution in [0, 0.1) is 0 Å². The number of esters is 3. The van der Waals surface area contributed by atoms with Crippen LogP contribution in [0.5, 0.6) is 5.75 Å². The fraction of sp³-hybridized carbons (Fsp3) is 0.421. The lowest BCUT2D eigenvalue weighted by Crippen LogP contribution is -2.56. The normalized spacial score (nSPS) is 19.5. The van der Waals surface area contributed by atoms with Crippen molar-refractivity contribution in [2.24, 2.45) is 0 Å². The molecule has 0 aliphatic carbocycles. The van der Waals surface area contributed by atoms with Crippen LogP contribution >= 0.6 is 0 Å². The van der Waals surface area contributed by atoms with Gasteiger partial charge in [0.05, 0.1) is 26.4 Å². The predicted molar refractivity (Wildman–Crippen MR) is 94.7 cm³/mol. The number of phenols is 1. The number of ether oxygens (including phenoxy) is 3. The summed E-state index contributed by atoms with van der Waals surface area (Å²) in [5, 5.41) is 13.1. The molecule has 1 saturated heterocycles. The molecule has 8 nitrogen and oxygen atoms in total. The Hall–Kier alpha value is -2.87. The van der Waals surface area contributed by atoms with Crippen LogP contribution in [0.2, 0.25) is 0 Å². The second-order valence-electron chi connectivity index (χ2n) is 5.90. The van der Waals surface area contributed by atoms with Crippen molar-refractivity contribution >= 4 is 17.9 Å². The van der Waals surface area contributed by atoms with E-state index in [-0.39, 0.29) is 25.4 Å². The number of phenolic OH excluding ortho intramolecular Hbond substituents is 1. The molecule has 0 aromatic heterocycles. The molecule has 27 heavy (non-hydrogen) atoms. The third-order valence-corrected chi connectivity index (χ3v) is 4.23. The highest BCUT2D eigenvalue weighted by atomic mass is 16.6. The molecular formula is C19H23NO7. The van der Waals surface area contributed by atoms with Crippen molar-refractivity contribution in [3.8, 4) is 5.75 Å². The van der Waals surface area contributed by atoms with Crippen molar-refractivity contribution in [1.29, 1.82) is 0 Å². The Morgan fingerprint density at radius 3 is 2.30 bits per heavy atom. The van der Waals surface area contributed by atoms with Crippen LogP contribution < -0.4 is 5.32 Å². The molecular weight excluding hydrogens is 354 g/mol. The van der Waals surface area contributed by atoms with Gasteiger partial charge in [-0.05, 0) is 25.5 Å². The third kappa shape index (κ3) is 4.11. The zero-order valence-electron chi connectivity index (χ0n) is 15.5. The molecule has 2 rings (SSSR count). The van der Waals surface area contributed by atoms with E-state index in [0.29, 0.717) is 11.1 Å². The summed E-state index contributed by atoms with van der Waals surface area (Å²) >= 11 is 0. The maximum absolute atomic E-state index is 12.7. The van der Waals surface area contributed by atoms with E-state index in [4.69, 9.17) is 9.47 Å². The van der Waals surface area contributed by atoms with Crippen LogP contribution in [0.15, 0.2) is 35.9 Å². The first-order chi connectivity index (χ1) is 12.9. The van der Waals surface area contributed by atoms with Gasteiger partial charge >= 0.3 is 17.9 Å². The SMILES string of the molecule is CCOC(=O)C1(C(=O)OCC)C/C(=C\C(=O)OC)C(c2ccccc2O)N1. The molecule has 146 valence electrons. The Kier molecular flexibility index (Phi) is 6.57. The lowest BCUT2D eigenvalue weighted by Gasteiger charge is -2.25. The molecule has 0 radical (unpaired) electrons. The summed E-state index contributed by atoms with van der Waals surface area (Å²) in [4.78, 5) is 37.1. The molecule has 1 atom stereocenters. The molecule has 8 heteroatoms. The number of carbonyl (C=O) groups is 3. The Labute approximate surface area is 157 Å². The standard InChI is InChI=1S/C19H23NO7/c1-4-26-17(23)19(18(24)27-5-2)11-12(10-15(22)25-3)16(20-19)13-8-6-7-9-14(13)21/h6-10,16,20-21H,4-5,11H2,1-3H3/b12-10+. The Morgan fingerprint density at radius 1 is 1.19 bits per heavy atom. The molecule has 1 aliphatic heterocycles. The van der Waals surface area contributed by atoms with E-state index in [1.165, 1.54) is 19.3 Å². The van der Waals surface area contributed by atoms with Crippen molar-refractivity contribution in [2.75, 3.05) is 20.3 Å². The first-order valence-corrected chi connectivity index (χ1v) is 8.58. The molecule has 0 amide bonds. The number of rotatable bonds is 6. The monoisotopic (exact) mass is 377 g/mol. The van der Waals surface area contributed by atoms with Crippen LogP contribution in [0.1, 0.15) is 31.9 Å². The highest BCUT2D eigenvalue weighted by molar-refractivity contribution is 6.06. The molecule has 1 aromatic rings. The number of aromatic hydroxyl groups is 1. The Bertz CT molecular complexity index is 738. The first kappa shape index (κ1) is 20.4. The highest BCUT2D eigenvalue weighted by Gasteiger charge is 2.56. The molecule has 1 unspecified atom stereocenters. The average molecular weight is 377 g/mol. The number of hydrogen-bond donors (Lipinski definition) is 2. The van der Waals surface area contributed by atoms with Gasteiger partial charge in [-0.25, -0.2) is 14.4 Å². The van der Waals surface area contributed by atoms with Crippen LogP contribution in [0.4, 0.5) is 0 Å². The smallest absolute Gasteiger partial charge is 0.338 e. The first-order valence-electron chi connectivity index (χ1n) is 8.58. The van der Waals surface area contributed by atoms with Crippen LogP contribution in [0.3, 0.4) is 0 Å². The summed E-state index contributed by atoms with van der Waals surface area (Å²) < 4.78 is 14.8. The molecule has 1 fully saturated rings. The fourth-order valence-corrected chi connectivity index (χ4v) is 3.01. The van der Waals surface area contributed by atoms with Gasteiger partial charge in [0.25, 0.3) is 0 Å². The van der Waals surface area contributed by atoms with Gasteiger partial charge in [0.1, 0.15) is 5.75 Å². The van der Waals surface area contributed by atoms with Crippen molar-refractivity contribution in [2.45, 2.75) is 31.8 Å². The predicted octanol–water partition coefficient (Wildman–Crippen LogP) is 1.39. The molecule has 1 aliphatic rings. The zero-order valence-corrected chi connectivity index (χ0v) is 15.5. The van der Waals surface area contributed by atoms with Gasteiger partial charge in [-0.2, -0.15) is 0 Å². The van der Waals surface area contributed by atoms with Crippen LogP contribution in [-0.4, -0.2) is 48.9 Å². The second kappa shape index (κ2) is 8.68. The van der Waals surface area contributed by atoms with Crippen molar-refractivity contribution in [1.82, 2.24) is 5.32 Å². The zero-order chi connectivity index (χ0) is 20.0. The van der Waals surface area contributed by atoms with Crippen LogP contribution in [-0.2, 0) is 28.6 Å². The minimum absolute atomic E-state index is 0.0470. The Morgan fingerprint density at radius 2 is 1.78 bits per heavy atom. The Balaban J connectivity index is 2.56. The number of nitrogens with one attached hydrogen (secondary N) is 1. The minimum atomic E-state index is -1.82. The summed E-state index contributed by atoms with van der Waals surface area (Å²) in [6.45, 7) is 3.38. The van der Waals surface area contributed by atoms with E-state index < -0.39 is 29.5 Å². The molecule has 0 spiro atoms. The van der Waals surface area contributed by atoms with E-state index in [9.17, 15) is 19.5 Å². The van der Waals surface area contributed by atoms with Crippen molar-refractivity contribution < 1.29 is 33.7 Å². The van der Waals surface area contributed by atoms with Gasteiger partial charge < -0.3 is 19.3 Å². The number of para-hydroxylation sites is 1. The van der Waals surface area contributed by atoms with Gasteiger partial charge in [0, 0.05) is 18.1 Å². The van der Waals surface area contributed by atoms with Gasteiger partial charge in [0.15, 0.2) is 0 Å². The summed E-state index contributed by atoms with van der Waals surface area (Å²) in [6.07, 6.45) is 1.04. The van der Waals surface area contributed by atoms with Gasteiger partial charge in [-0.15, -0.1) is 0 Å². The van der Waals surface area contributed by atoms with Crippen molar-refractivity contribution in [3.05, 3.63) is 41.5 Å². The van der Waals surface area contributed by atoms with E-state index in [1.807, 2.05) is 0 Å². The molecule has 0 bridgehead atoms. The maximum Gasteiger partial charge on any atom is 0.338 e. The van der Waals surface area contributed by atoms with Gasteiger partial charge in [0.2, 0.25) is 5.54 Å². The topological polar surface area (TPSA) is 111 Å². The van der Waals surface area contributed by atoms with Gasteiger partial charge in [-0.1, -0.05) is 18.2 Å². The number of carbonyl (C=O) groups excluding carboxylic acids is 3. The average Bonchev–Trinajstić information content (AvgIpc) is 3.03. The number of hydrogen-bond acceptors (Lipinski definition) is 8. The second-order valence-corrected chi connectivity index (χ2v) is 5.90. The summed E-state index contributed by atoms with van der Waals surface area (Å²) in [7, 11) is 1.22. The van der Waals surface area contributed by atoms with Crippen LogP contribution in [0.25, 0.3) is 0 Å². The van der Waals surface area contributed by atoms with Gasteiger partial charge in [-0.3, -0.25) is 5.32 Å². The maximum atomic E-state index is 12.7. The quantitative estimate of drug-likeness (QED) is 0.331. The number of benzene rings is 1. The van der Waals surface area contributed by atoms with E-state index in [1.54, 1.807) is 32.0 Å². The summed E-state index contributed by atoms with van der Waals surface area (Å²) in [6, 6.07) is 5.66. The molecule has 1 heterocycles. The van der Waals surface area contributed by atoms with Crippen molar-refractivity contribution in [3.63, 3.8) is 0 Å². The number of methoxy groups -OCH3 is 1. The fourth-order valence-electron chi connectivity index (χ4n) is 3.01. The largest absolute Gasteiger partial charge is 0.508 e. The van der Waals surface area contributed by atoms with E-state index >= 15 is 0 Å². The lowest BCUT2D eigenvalue weighted by atomic mass is 9.93. The van der Waals surface area contributed by atoms with E-state index in [0.717, 1.165) is 0 Å². The molecule has 1 aromatic carbocycles. The summed E-state index contributed by atoms with van der Waals surface area (Å²) in [5.41, 5.74) is -1.02. The summed E-state index contributed by atoms with van der Waals surface area (Å²) in [5.74, 6) is -2.31. The van der Waals surface area contributed by atoms with E-state index in [2.05, 4.69) is 10.1 Å².